The molecule has 0 spiro atoms. The number of aromatic amines is 1. The van der Waals surface area contributed by atoms with E-state index in [1.165, 1.54) is 0 Å². The topological polar surface area (TPSA) is 100 Å². The SMILES string of the molecule is CCOC(=O)c1c(C)[nH]c(C(=O)NCC(=O)Nc2ccc(Br)cc2C)c1C. The Balaban J connectivity index is 2.02. The number of benzene rings is 1. The summed E-state index contributed by atoms with van der Waals surface area (Å²) >= 11 is 3.37. The van der Waals surface area contributed by atoms with E-state index in [9.17, 15) is 14.4 Å². The molecule has 0 radical (unpaired) electrons. The van der Waals surface area contributed by atoms with Crippen LogP contribution in [-0.4, -0.2) is 35.9 Å². The number of aromatic nitrogens is 1. The summed E-state index contributed by atoms with van der Waals surface area (Å²) in [4.78, 5) is 39.4. The summed E-state index contributed by atoms with van der Waals surface area (Å²) in [6, 6.07) is 5.49. The lowest BCUT2D eigenvalue weighted by atomic mass is 10.1. The molecule has 2 rings (SSSR count). The highest BCUT2D eigenvalue weighted by Crippen LogP contribution is 2.20. The summed E-state index contributed by atoms with van der Waals surface area (Å²) in [5.74, 6) is -1.29. The molecule has 0 unspecified atom stereocenters. The van der Waals surface area contributed by atoms with Gasteiger partial charge in [-0.3, -0.25) is 9.59 Å². The van der Waals surface area contributed by atoms with Crippen LogP contribution < -0.4 is 10.6 Å². The summed E-state index contributed by atoms with van der Waals surface area (Å²) in [6.07, 6.45) is 0. The quantitative estimate of drug-likeness (QED) is 0.606. The number of aryl methyl sites for hydroxylation is 2. The molecular weight excluding hydrogens is 414 g/mol. The molecule has 0 bridgehead atoms. The third-order valence-corrected chi connectivity index (χ3v) is 4.51. The maximum Gasteiger partial charge on any atom is 0.340 e. The Bertz CT molecular complexity index is 889. The van der Waals surface area contributed by atoms with Gasteiger partial charge in [-0.25, -0.2) is 4.79 Å². The molecule has 1 heterocycles. The van der Waals surface area contributed by atoms with Crippen LogP contribution in [-0.2, 0) is 9.53 Å². The second-order valence-electron chi connectivity index (χ2n) is 6.04. The third kappa shape index (κ3) is 4.97. The first kappa shape index (κ1) is 20.7. The lowest BCUT2D eigenvalue weighted by molar-refractivity contribution is -0.115. The number of hydrogen-bond donors (Lipinski definition) is 3. The van der Waals surface area contributed by atoms with Gasteiger partial charge < -0.3 is 20.4 Å². The number of esters is 1. The Kier molecular flexibility index (Phi) is 6.79. The van der Waals surface area contributed by atoms with Crippen LogP contribution in [0.5, 0.6) is 0 Å². The van der Waals surface area contributed by atoms with Gasteiger partial charge in [-0.1, -0.05) is 15.9 Å². The average Bonchev–Trinajstić information content (AvgIpc) is 2.90. The third-order valence-electron chi connectivity index (χ3n) is 4.02. The molecule has 0 atom stereocenters. The monoisotopic (exact) mass is 435 g/mol. The van der Waals surface area contributed by atoms with Crippen molar-refractivity contribution in [3.05, 3.63) is 50.8 Å². The summed E-state index contributed by atoms with van der Waals surface area (Å²) in [5, 5.41) is 5.31. The smallest absolute Gasteiger partial charge is 0.340 e. The first-order valence-corrected chi connectivity index (χ1v) is 9.24. The maximum absolute atomic E-state index is 12.4. The van der Waals surface area contributed by atoms with E-state index >= 15 is 0 Å². The van der Waals surface area contributed by atoms with Gasteiger partial charge in [-0.05, 0) is 57.0 Å². The standard InChI is InChI=1S/C19H22BrN3O4/c1-5-27-19(26)16-11(3)17(22-12(16)4)18(25)21-9-15(24)23-14-7-6-13(20)8-10(14)2/h6-8,22H,5,9H2,1-4H3,(H,21,25)(H,23,24). The van der Waals surface area contributed by atoms with Crippen LogP contribution in [0.3, 0.4) is 0 Å². The molecule has 144 valence electrons. The fourth-order valence-electron chi connectivity index (χ4n) is 2.70. The van der Waals surface area contributed by atoms with E-state index in [0.29, 0.717) is 22.5 Å². The van der Waals surface area contributed by atoms with E-state index < -0.39 is 11.9 Å². The van der Waals surface area contributed by atoms with Gasteiger partial charge in [-0.2, -0.15) is 0 Å². The van der Waals surface area contributed by atoms with Crippen molar-refractivity contribution in [3.63, 3.8) is 0 Å². The number of nitrogens with one attached hydrogen (secondary N) is 3. The van der Waals surface area contributed by atoms with Crippen molar-refractivity contribution in [2.45, 2.75) is 27.7 Å². The van der Waals surface area contributed by atoms with Crippen LogP contribution in [0.15, 0.2) is 22.7 Å². The number of amides is 2. The minimum absolute atomic E-state index is 0.194. The van der Waals surface area contributed by atoms with Gasteiger partial charge in [0, 0.05) is 15.9 Å². The Morgan fingerprint density at radius 2 is 1.89 bits per heavy atom. The van der Waals surface area contributed by atoms with E-state index in [2.05, 4.69) is 31.5 Å². The van der Waals surface area contributed by atoms with Crippen molar-refractivity contribution >= 4 is 39.4 Å². The zero-order valence-electron chi connectivity index (χ0n) is 15.7. The van der Waals surface area contributed by atoms with E-state index in [1.807, 2.05) is 19.1 Å². The van der Waals surface area contributed by atoms with Gasteiger partial charge >= 0.3 is 5.97 Å². The molecule has 0 aliphatic rings. The van der Waals surface area contributed by atoms with Crippen molar-refractivity contribution in [2.75, 3.05) is 18.5 Å². The predicted molar refractivity (Wildman–Crippen MR) is 106 cm³/mol. The van der Waals surface area contributed by atoms with Gasteiger partial charge in [-0.15, -0.1) is 0 Å². The largest absolute Gasteiger partial charge is 0.462 e. The van der Waals surface area contributed by atoms with Crippen LogP contribution in [0.1, 0.15) is 44.6 Å². The summed E-state index contributed by atoms with van der Waals surface area (Å²) in [6.45, 7) is 7.01. The van der Waals surface area contributed by atoms with Crippen LogP contribution >= 0.6 is 15.9 Å². The Labute approximate surface area is 166 Å². The highest BCUT2D eigenvalue weighted by Gasteiger charge is 2.23. The second kappa shape index (κ2) is 8.85. The molecule has 2 aromatic rings. The maximum atomic E-state index is 12.4. The molecule has 2 amide bonds. The molecule has 27 heavy (non-hydrogen) atoms. The minimum Gasteiger partial charge on any atom is -0.462 e. The molecule has 1 aromatic carbocycles. The van der Waals surface area contributed by atoms with Crippen LogP contribution in [0, 0.1) is 20.8 Å². The molecule has 0 saturated heterocycles. The van der Waals surface area contributed by atoms with Crippen molar-refractivity contribution in [1.82, 2.24) is 10.3 Å². The number of hydrogen-bond acceptors (Lipinski definition) is 4. The summed E-state index contributed by atoms with van der Waals surface area (Å²) < 4.78 is 5.93. The number of rotatable bonds is 6. The van der Waals surface area contributed by atoms with Gasteiger partial charge in [0.25, 0.3) is 5.91 Å². The number of carbonyl (C=O) groups is 3. The van der Waals surface area contributed by atoms with E-state index in [1.54, 1.807) is 26.8 Å². The van der Waals surface area contributed by atoms with Crippen molar-refractivity contribution in [3.8, 4) is 0 Å². The zero-order valence-corrected chi connectivity index (χ0v) is 17.2. The first-order chi connectivity index (χ1) is 12.7. The average molecular weight is 436 g/mol. The highest BCUT2D eigenvalue weighted by atomic mass is 79.9. The minimum atomic E-state index is -0.480. The summed E-state index contributed by atoms with van der Waals surface area (Å²) in [5.41, 5.74) is 3.20. The summed E-state index contributed by atoms with van der Waals surface area (Å²) in [7, 11) is 0. The number of H-pyrrole nitrogens is 1. The van der Waals surface area contributed by atoms with E-state index in [0.717, 1.165) is 10.0 Å². The molecule has 0 saturated carbocycles. The Morgan fingerprint density at radius 3 is 2.52 bits per heavy atom. The zero-order chi connectivity index (χ0) is 20.1. The predicted octanol–water partition coefficient (Wildman–Crippen LogP) is 3.25. The molecule has 3 N–H and O–H groups in total. The van der Waals surface area contributed by atoms with E-state index in [4.69, 9.17) is 4.74 Å². The highest BCUT2D eigenvalue weighted by molar-refractivity contribution is 9.10. The van der Waals surface area contributed by atoms with Crippen molar-refractivity contribution in [1.29, 1.82) is 0 Å². The number of anilines is 1. The molecular formula is C19H22BrN3O4. The Morgan fingerprint density at radius 1 is 1.19 bits per heavy atom. The lowest BCUT2D eigenvalue weighted by Crippen LogP contribution is -2.33. The fraction of sp³-hybridized carbons (Fsp3) is 0.316. The van der Waals surface area contributed by atoms with Crippen LogP contribution in [0.25, 0.3) is 0 Å². The molecule has 1 aromatic heterocycles. The number of halogens is 1. The van der Waals surface area contributed by atoms with Crippen molar-refractivity contribution < 1.29 is 19.1 Å². The molecule has 7 nitrogen and oxygen atoms in total. The lowest BCUT2D eigenvalue weighted by Gasteiger charge is -2.09. The van der Waals surface area contributed by atoms with Gasteiger partial charge in [0.15, 0.2) is 0 Å². The molecule has 0 aliphatic carbocycles. The number of ether oxygens (including phenoxy) is 1. The second-order valence-corrected chi connectivity index (χ2v) is 6.95. The normalized spacial score (nSPS) is 10.4. The van der Waals surface area contributed by atoms with Gasteiger partial charge in [0.05, 0.1) is 18.7 Å². The number of carbonyl (C=O) groups excluding carboxylic acids is 3. The molecule has 0 aliphatic heterocycles. The van der Waals surface area contributed by atoms with Crippen LogP contribution in [0.2, 0.25) is 0 Å². The molecule has 0 fully saturated rings. The first-order valence-electron chi connectivity index (χ1n) is 8.45. The van der Waals surface area contributed by atoms with Crippen molar-refractivity contribution in [2.24, 2.45) is 0 Å². The van der Waals surface area contributed by atoms with Crippen LogP contribution in [0.4, 0.5) is 5.69 Å². The van der Waals surface area contributed by atoms with E-state index in [-0.39, 0.29) is 24.8 Å². The fourth-order valence-corrected chi connectivity index (χ4v) is 3.17. The Hall–Kier alpha value is -2.61. The van der Waals surface area contributed by atoms with Gasteiger partial charge in [0.1, 0.15) is 5.69 Å². The van der Waals surface area contributed by atoms with Gasteiger partial charge in [0.2, 0.25) is 5.91 Å². The molecule has 8 heteroatoms.